The molecule has 0 bridgehead atoms. The highest BCUT2D eigenvalue weighted by atomic mass is 35.5. The van der Waals surface area contributed by atoms with Gasteiger partial charge >= 0.3 is 0 Å². The summed E-state index contributed by atoms with van der Waals surface area (Å²) in [6, 6.07) is 0. The smallest absolute Gasteiger partial charge is 0.233 e. The zero-order chi connectivity index (χ0) is 16.0. The predicted octanol–water partition coefficient (Wildman–Crippen LogP) is 2.47. The van der Waals surface area contributed by atoms with Crippen LogP contribution in [-0.4, -0.2) is 20.9 Å². The van der Waals surface area contributed by atoms with E-state index in [-0.39, 0.29) is 30.0 Å². The predicted molar refractivity (Wildman–Crippen MR) is 85.1 cm³/mol. The number of anilines is 2. The van der Waals surface area contributed by atoms with Gasteiger partial charge in [-0.2, -0.15) is 4.98 Å². The first-order valence-electron chi connectivity index (χ1n) is 6.61. The first kappa shape index (κ1) is 15.0. The van der Waals surface area contributed by atoms with E-state index in [4.69, 9.17) is 28.9 Å². The van der Waals surface area contributed by atoms with Crippen molar-refractivity contribution in [3.63, 3.8) is 0 Å². The van der Waals surface area contributed by atoms with E-state index in [9.17, 15) is 4.79 Å². The van der Waals surface area contributed by atoms with Gasteiger partial charge in [0.25, 0.3) is 0 Å². The Kier molecular flexibility index (Phi) is 3.66. The fourth-order valence-corrected chi connectivity index (χ4v) is 2.82. The van der Waals surface area contributed by atoms with Crippen LogP contribution in [-0.2, 0) is 17.8 Å². The number of aryl methyl sites for hydroxylation is 1. The highest BCUT2D eigenvalue weighted by molar-refractivity contribution is 6.32. The topological polar surface area (TPSA) is 85.0 Å². The van der Waals surface area contributed by atoms with Crippen LogP contribution in [0.4, 0.5) is 11.8 Å². The summed E-state index contributed by atoms with van der Waals surface area (Å²) in [5, 5.41) is 0.863. The van der Waals surface area contributed by atoms with E-state index in [0.29, 0.717) is 22.1 Å². The molecule has 0 aliphatic carbocycles. The normalized spacial score (nSPS) is 13.6. The minimum Gasteiger partial charge on any atom is -0.368 e. The first-order chi connectivity index (χ1) is 10.4. The Labute approximate surface area is 137 Å². The molecule has 6 nitrogen and oxygen atoms in total. The van der Waals surface area contributed by atoms with Crippen molar-refractivity contribution in [2.75, 3.05) is 10.6 Å². The lowest BCUT2D eigenvalue weighted by molar-refractivity contribution is -0.117. The lowest BCUT2D eigenvalue weighted by atomic mass is 10.1. The van der Waals surface area contributed by atoms with Crippen molar-refractivity contribution in [1.29, 1.82) is 0 Å². The van der Waals surface area contributed by atoms with Gasteiger partial charge in [0.2, 0.25) is 11.9 Å². The van der Waals surface area contributed by atoms with E-state index in [1.54, 1.807) is 6.20 Å². The Hall–Kier alpha value is -1.92. The van der Waals surface area contributed by atoms with E-state index in [1.807, 2.05) is 13.8 Å². The van der Waals surface area contributed by atoms with Gasteiger partial charge in [-0.05, 0) is 25.0 Å². The van der Waals surface area contributed by atoms with Gasteiger partial charge in [-0.15, -0.1) is 0 Å². The minimum absolute atomic E-state index is 0.0371. The number of nitrogens with two attached hydrogens (primary N) is 1. The van der Waals surface area contributed by atoms with Crippen molar-refractivity contribution >= 4 is 40.9 Å². The van der Waals surface area contributed by atoms with Gasteiger partial charge in [-0.1, -0.05) is 23.2 Å². The Morgan fingerprint density at radius 3 is 2.77 bits per heavy atom. The third kappa shape index (κ3) is 2.38. The van der Waals surface area contributed by atoms with Crippen LogP contribution < -0.4 is 10.6 Å². The summed E-state index contributed by atoms with van der Waals surface area (Å²) >= 11 is 12.3. The second kappa shape index (κ2) is 5.37. The SMILES string of the molecule is Cc1cnc(CN2C(=O)Cc3c(Cl)nc(N)nc32)c(C)c1Cl. The zero-order valence-electron chi connectivity index (χ0n) is 12.0. The molecule has 2 N–H and O–H groups in total. The maximum atomic E-state index is 12.3. The van der Waals surface area contributed by atoms with Gasteiger partial charge in [0.15, 0.2) is 0 Å². The van der Waals surface area contributed by atoms with Crippen LogP contribution >= 0.6 is 23.2 Å². The van der Waals surface area contributed by atoms with E-state index in [2.05, 4.69) is 15.0 Å². The Morgan fingerprint density at radius 1 is 1.32 bits per heavy atom. The number of carbonyl (C=O) groups is 1. The number of amides is 1. The summed E-state index contributed by atoms with van der Waals surface area (Å²) in [6.07, 6.45) is 1.85. The maximum Gasteiger partial charge on any atom is 0.233 e. The number of halogens is 2. The second-order valence-corrected chi connectivity index (χ2v) is 5.89. The molecule has 114 valence electrons. The molecule has 0 spiro atoms. The average molecular weight is 338 g/mol. The molecule has 0 saturated heterocycles. The molecular formula is C14H13Cl2N5O. The van der Waals surface area contributed by atoms with Crippen molar-refractivity contribution in [3.05, 3.63) is 38.8 Å². The molecule has 0 radical (unpaired) electrons. The first-order valence-corrected chi connectivity index (χ1v) is 7.37. The number of carbonyl (C=O) groups excluding carboxylic acids is 1. The van der Waals surface area contributed by atoms with Crippen LogP contribution in [0.5, 0.6) is 0 Å². The number of rotatable bonds is 2. The lowest BCUT2D eigenvalue weighted by Crippen LogP contribution is -2.27. The average Bonchev–Trinajstić information content (AvgIpc) is 2.76. The fourth-order valence-electron chi connectivity index (χ4n) is 2.42. The van der Waals surface area contributed by atoms with E-state index in [0.717, 1.165) is 11.1 Å². The van der Waals surface area contributed by atoms with Crippen LogP contribution in [0.25, 0.3) is 0 Å². The molecular weight excluding hydrogens is 325 g/mol. The Balaban J connectivity index is 2.02. The van der Waals surface area contributed by atoms with Gasteiger partial charge in [0.1, 0.15) is 11.0 Å². The number of nitrogen functional groups attached to an aromatic ring is 1. The van der Waals surface area contributed by atoms with Crippen LogP contribution in [0.2, 0.25) is 10.2 Å². The third-order valence-electron chi connectivity index (χ3n) is 3.67. The molecule has 2 aromatic heterocycles. The van der Waals surface area contributed by atoms with Crippen molar-refractivity contribution in [2.45, 2.75) is 26.8 Å². The monoisotopic (exact) mass is 337 g/mol. The number of pyridine rings is 1. The van der Waals surface area contributed by atoms with Crippen LogP contribution in [0, 0.1) is 13.8 Å². The van der Waals surface area contributed by atoms with Gasteiger partial charge < -0.3 is 5.73 Å². The van der Waals surface area contributed by atoms with Crippen molar-refractivity contribution in [3.8, 4) is 0 Å². The summed E-state index contributed by atoms with van der Waals surface area (Å²) in [6.45, 7) is 4.03. The fraction of sp³-hybridized carbons (Fsp3) is 0.286. The quantitative estimate of drug-likeness (QED) is 0.851. The number of fused-ring (bicyclic) bond motifs is 1. The summed E-state index contributed by atoms with van der Waals surface area (Å²) in [5.41, 5.74) is 8.67. The van der Waals surface area contributed by atoms with Crippen LogP contribution in [0.1, 0.15) is 22.4 Å². The van der Waals surface area contributed by atoms with Crippen LogP contribution in [0.15, 0.2) is 6.20 Å². The summed E-state index contributed by atoms with van der Waals surface area (Å²) in [4.78, 5) is 26.2. The van der Waals surface area contributed by atoms with Crippen molar-refractivity contribution < 1.29 is 4.79 Å². The largest absolute Gasteiger partial charge is 0.368 e. The summed E-state index contributed by atoms with van der Waals surface area (Å²) in [7, 11) is 0. The lowest BCUT2D eigenvalue weighted by Gasteiger charge is -2.18. The standard InChI is InChI=1S/C14H13Cl2N5O/c1-6-4-18-9(7(2)11(6)15)5-21-10(22)3-8-12(16)19-14(17)20-13(8)21/h4H,3,5H2,1-2H3,(H2,17,19,20). The van der Waals surface area contributed by atoms with Gasteiger partial charge in [0, 0.05) is 16.8 Å². The molecule has 1 amide bonds. The molecule has 1 aliphatic heterocycles. The maximum absolute atomic E-state index is 12.3. The highest BCUT2D eigenvalue weighted by Gasteiger charge is 2.32. The summed E-state index contributed by atoms with van der Waals surface area (Å²) in [5.74, 6) is 0.366. The van der Waals surface area contributed by atoms with Gasteiger partial charge in [-0.3, -0.25) is 14.7 Å². The number of aromatic nitrogens is 3. The number of hydrogen-bond donors (Lipinski definition) is 1. The Morgan fingerprint density at radius 2 is 2.05 bits per heavy atom. The molecule has 3 rings (SSSR count). The molecule has 8 heteroatoms. The van der Waals surface area contributed by atoms with Crippen LogP contribution in [0.3, 0.4) is 0 Å². The molecule has 0 unspecified atom stereocenters. The van der Waals surface area contributed by atoms with E-state index in [1.165, 1.54) is 4.90 Å². The second-order valence-electron chi connectivity index (χ2n) is 5.16. The van der Waals surface area contributed by atoms with E-state index >= 15 is 0 Å². The molecule has 0 fully saturated rings. The molecule has 1 aliphatic rings. The minimum atomic E-state index is -0.116. The molecule has 22 heavy (non-hydrogen) atoms. The third-order valence-corrected chi connectivity index (χ3v) is 4.56. The molecule has 0 aromatic carbocycles. The van der Waals surface area contributed by atoms with Crippen molar-refractivity contribution in [1.82, 2.24) is 15.0 Å². The molecule has 3 heterocycles. The molecule has 0 atom stereocenters. The molecule has 2 aromatic rings. The Bertz CT molecular complexity index is 793. The van der Waals surface area contributed by atoms with Gasteiger partial charge in [-0.25, -0.2) is 4.98 Å². The van der Waals surface area contributed by atoms with Crippen molar-refractivity contribution in [2.24, 2.45) is 0 Å². The molecule has 0 saturated carbocycles. The number of hydrogen-bond acceptors (Lipinski definition) is 5. The zero-order valence-corrected chi connectivity index (χ0v) is 13.5. The van der Waals surface area contributed by atoms with E-state index < -0.39 is 0 Å². The summed E-state index contributed by atoms with van der Waals surface area (Å²) < 4.78 is 0. The number of nitrogens with zero attached hydrogens (tertiary/aromatic N) is 4. The van der Waals surface area contributed by atoms with Gasteiger partial charge in [0.05, 0.1) is 18.7 Å². The highest BCUT2D eigenvalue weighted by Crippen LogP contribution is 2.33.